The Morgan fingerprint density at radius 1 is 0.271 bits per heavy atom. The Morgan fingerprint density at radius 2 is 0.495 bits per heavy atom. The number of carbonyl (C=O) groups excluding carboxylic acids is 3. The molecule has 0 spiro atoms. The van der Waals surface area contributed by atoms with Crippen molar-refractivity contribution in [2.45, 2.75) is 334 Å². The van der Waals surface area contributed by atoms with Gasteiger partial charge in [-0.15, -0.1) is 0 Å². The maximum Gasteiger partial charge on any atom is 0.472 e. The van der Waals surface area contributed by atoms with Crippen LogP contribution in [-0.2, 0) is 55.8 Å². The number of hydrogen-bond acceptors (Lipinski definition) is 14. The number of hydrogen-bond donors (Lipinski definition) is 4. The topological polar surface area (TPSA) is 231 Å². The summed E-state index contributed by atoms with van der Waals surface area (Å²) in [6, 6.07) is 0. The minimum atomic E-state index is -4.95. The highest BCUT2D eigenvalue weighted by atomic mass is 31.2. The molecule has 4 N–H and O–H groups in total. The van der Waals surface area contributed by atoms with E-state index >= 15 is 0 Å². The highest BCUT2D eigenvalue weighted by Gasteiger charge is 2.29. The summed E-state index contributed by atoms with van der Waals surface area (Å²) < 4.78 is 61.3. The first-order valence-electron chi connectivity index (χ1n) is 41.4. The molecular formula is C89H148O16P2. The van der Waals surface area contributed by atoms with Crippen LogP contribution in [0.25, 0.3) is 0 Å². The summed E-state index contributed by atoms with van der Waals surface area (Å²) in [5.41, 5.74) is 0. The first-order chi connectivity index (χ1) is 52.2. The minimum absolute atomic E-state index is 0.0732. The van der Waals surface area contributed by atoms with E-state index in [4.69, 9.17) is 32.3 Å². The van der Waals surface area contributed by atoms with Crippen LogP contribution in [0.3, 0.4) is 0 Å². The number of ether oxygens (including phenoxy) is 3. The zero-order chi connectivity index (χ0) is 78.0. The van der Waals surface area contributed by atoms with Gasteiger partial charge in [0.05, 0.1) is 26.4 Å². The zero-order valence-electron chi connectivity index (χ0n) is 66.7. The Labute approximate surface area is 650 Å². The average Bonchev–Trinajstić information content (AvgIpc) is 0.907. The normalized spacial score (nSPS) is 14.8. The van der Waals surface area contributed by atoms with E-state index in [-0.39, 0.29) is 19.3 Å². The van der Waals surface area contributed by atoms with Crippen molar-refractivity contribution in [1.82, 2.24) is 0 Å². The molecule has 0 aliphatic carbocycles. The van der Waals surface area contributed by atoms with Gasteiger partial charge in [0.15, 0.2) is 6.10 Å². The van der Waals surface area contributed by atoms with Crippen molar-refractivity contribution in [3.8, 4) is 0 Å². The summed E-state index contributed by atoms with van der Waals surface area (Å²) in [6.07, 6.45) is 102. The quantitative estimate of drug-likeness (QED) is 0.0146. The molecule has 0 amide bonds. The number of phosphoric acid groups is 2. The Hall–Kier alpha value is -5.09. The fraction of sp³-hybridized carbons (Fsp3) is 0.652. The first kappa shape index (κ1) is 102. The van der Waals surface area contributed by atoms with Crippen LogP contribution < -0.4 is 0 Å². The number of aliphatic hydroxyl groups excluding tert-OH is 2. The zero-order valence-corrected chi connectivity index (χ0v) is 68.5. The van der Waals surface area contributed by atoms with Gasteiger partial charge >= 0.3 is 33.6 Å². The molecule has 0 saturated heterocycles. The Balaban J connectivity index is 4.65. The van der Waals surface area contributed by atoms with Crippen LogP contribution >= 0.6 is 15.6 Å². The predicted molar refractivity (Wildman–Crippen MR) is 445 cm³/mol. The standard InChI is InChI=1S/C89H148O16P2/c1-4-7-10-13-16-19-22-25-28-31-34-37-38-39-40-41-42-43-44-47-49-51-54-57-60-63-66-69-72-75-87(92)99-78-84(90)79-101-106(95,96)102-80-85(91)81-103-107(97,98)104-83-86(105-89(94)77-74-71-68-65-62-59-56-53-50-46-36-33-30-27-24-21-18-15-12-9-6-3)82-100-88(93)76-73-70-67-64-61-58-55-52-48-45-35-32-29-26-23-20-17-14-11-8-5-2/h7-8,10-11,16-21,25-30,34-37,39-40,45-46,52-53,55-56,84-86,90-91H,4-6,9,12-15,22-24,31-33,38,41-44,47-51,54,57-83H2,1-3H3,(H,95,96)(H,97,98)/b10-7-,11-8-,19-16-,20-17-,21-18-,28-25-,29-26-,30-27-,37-34-,40-39-,45-35-,46-36-,55-52-,56-53-. The second-order valence-corrected chi connectivity index (χ2v) is 30.1. The molecule has 5 atom stereocenters. The number of allylic oxidation sites excluding steroid dienone is 28. The molecule has 16 nitrogen and oxygen atoms in total. The molecule has 0 fully saturated rings. The maximum atomic E-state index is 13.0. The van der Waals surface area contributed by atoms with E-state index in [1.807, 2.05) is 0 Å². The fourth-order valence-electron chi connectivity index (χ4n) is 10.7. The summed E-state index contributed by atoms with van der Waals surface area (Å²) >= 11 is 0. The number of unbranched alkanes of at least 4 members (excludes halogenated alkanes) is 26. The van der Waals surface area contributed by atoms with Crippen LogP contribution in [0.2, 0.25) is 0 Å². The van der Waals surface area contributed by atoms with Crippen LogP contribution in [-0.4, -0.2) is 95.9 Å². The number of rotatable bonds is 77. The van der Waals surface area contributed by atoms with Crippen LogP contribution in [0.1, 0.15) is 316 Å². The number of phosphoric ester groups is 2. The molecule has 0 aromatic heterocycles. The Bertz CT molecular complexity index is 2620. The third-order valence-corrected chi connectivity index (χ3v) is 18.8. The van der Waals surface area contributed by atoms with Gasteiger partial charge in [0.1, 0.15) is 25.4 Å². The molecule has 0 aromatic carbocycles. The summed E-state index contributed by atoms with van der Waals surface area (Å²) in [6.45, 7) is 2.39. The fourth-order valence-corrected chi connectivity index (χ4v) is 12.3. The van der Waals surface area contributed by atoms with Crippen LogP contribution in [0.4, 0.5) is 0 Å². The third-order valence-electron chi connectivity index (χ3n) is 16.9. The van der Waals surface area contributed by atoms with Crippen molar-refractivity contribution in [3.63, 3.8) is 0 Å². The highest BCUT2D eigenvalue weighted by molar-refractivity contribution is 7.47. The molecule has 18 heteroatoms. The smallest absolute Gasteiger partial charge is 0.463 e. The van der Waals surface area contributed by atoms with Gasteiger partial charge in [-0.1, -0.05) is 313 Å². The monoisotopic (exact) mass is 1540 g/mol. The average molecular weight is 1540 g/mol. The molecular weight excluding hydrogens is 1390 g/mol. The minimum Gasteiger partial charge on any atom is -0.463 e. The molecule has 0 aliphatic heterocycles. The van der Waals surface area contributed by atoms with Gasteiger partial charge in [0.25, 0.3) is 0 Å². The van der Waals surface area contributed by atoms with Crippen molar-refractivity contribution < 1.29 is 75.8 Å². The van der Waals surface area contributed by atoms with E-state index in [1.54, 1.807) is 0 Å². The SMILES string of the molecule is CC/C=C\C/C=C\C/C=C\C/C=C\C/C=C\CCCCCCCCCCCCCCCC(=O)OCC(O)COP(=O)(O)OCC(O)COP(=O)(O)OCC(COC(=O)CCCCCCC/C=C\C/C=C\C/C=C\C/C=C\C/C=C\CC)OC(=O)CCCCCCC/C=C\C/C=C\C/C=C\C/C=C\CCCCC. The maximum absolute atomic E-state index is 13.0. The van der Waals surface area contributed by atoms with E-state index in [0.717, 1.165) is 180 Å². The van der Waals surface area contributed by atoms with E-state index in [1.165, 1.54) is 77.0 Å². The molecule has 0 heterocycles. The highest BCUT2D eigenvalue weighted by Crippen LogP contribution is 2.45. The lowest BCUT2D eigenvalue weighted by Gasteiger charge is -2.21. The molecule has 0 aliphatic rings. The van der Waals surface area contributed by atoms with Gasteiger partial charge in [-0.05, 0) is 154 Å². The Morgan fingerprint density at radius 3 is 0.785 bits per heavy atom. The number of carbonyl (C=O) groups is 3. The van der Waals surface area contributed by atoms with Gasteiger partial charge in [-0.2, -0.15) is 0 Å². The van der Waals surface area contributed by atoms with Crippen molar-refractivity contribution in [1.29, 1.82) is 0 Å². The Kier molecular flexibility index (Phi) is 76.6. The lowest BCUT2D eigenvalue weighted by molar-refractivity contribution is -0.161. The molecule has 0 radical (unpaired) electrons. The van der Waals surface area contributed by atoms with Crippen molar-refractivity contribution in [2.75, 3.05) is 39.6 Å². The van der Waals surface area contributed by atoms with Gasteiger partial charge in [0, 0.05) is 19.3 Å². The van der Waals surface area contributed by atoms with Crippen molar-refractivity contribution >= 4 is 33.6 Å². The summed E-state index contributed by atoms with van der Waals surface area (Å²) in [7, 11) is -9.82. The van der Waals surface area contributed by atoms with Crippen LogP contribution in [0.15, 0.2) is 170 Å². The number of aliphatic hydroxyl groups is 2. The number of esters is 3. The van der Waals surface area contributed by atoms with Crippen molar-refractivity contribution in [2.24, 2.45) is 0 Å². The van der Waals surface area contributed by atoms with Gasteiger partial charge in [-0.3, -0.25) is 32.5 Å². The van der Waals surface area contributed by atoms with E-state index < -0.39 is 91.5 Å². The molecule has 0 rings (SSSR count). The molecule has 0 bridgehead atoms. The summed E-state index contributed by atoms with van der Waals surface area (Å²) in [5, 5.41) is 20.7. The molecule has 5 unspecified atom stereocenters. The van der Waals surface area contributed by atoms with Crippen molar-refractivity contribution in [3.05, 3.63) is 170 Å². The van der Waals surface area contributed by atoms with Gasteiger partial charge in [-0.25, -0.2) is 9.13 Å². The summed E-state index contributed by atoms with van der Waals surface area (Å²) in [4.78, 5) is 58.8. The van der Waals surface area contributed by atoms with E-state index in [2.05, 4.69) is 191 Å². The van der Waals surface area contributed by atoms with Gasteiger partial charge in [0.2, 0.25) is 0 Å². The van der Waals surface area contributed by atoms with Crippen LogP contribution in [0.5, 0.6) is 0 Å². The molecule has 0 aromatic rings. The van der Waals surface area contributed by atoms with E-state index in [9.17, 15) is 43.5 Å². The van der Waals surface area contributed by atoms with E-state index in [0.29, 0.717) is 19.3 Å². The van der Waals surface area contributed by atoms with Gasteiger partial charge < -0.3 is 34.2 Å². The second kappa shape index (κ2) is 80.4. The molecule has 0 saturated carbocycles. The second-order valence-electron chi connectivity index (χ2n) is 27.2. The summed E-state index contributed by atoms with van der Waals surface area (Å²) in [5.74, 6) is -1.62. The lowest BCUT2D eigenvalue weighted by Crippen LogP contribution is -2.30. The lowest BCUT2D eigenvalue weighted by atomic mass is 10.0. The molecule has 610 valence electrons. The first-order valence-corrected chi connectivity index (χ1v) is 44.4. The third kappa shape index (κ3) is 81.7. The largest absolute Gasteiger partial charge is 0.472 e. The predicted octanol–water partition coefficient (Wildman–Crippen LogP) is 24.8. The molecule has 107 heavy (non-hydrogen) atoms. The van der Waals surface area contributed by atoms with Crippen LogP contribution in [0, 0.1) is 0 Å².